The highest BCUT2D eigenvalue weighted by Crippen LogP contribution is 2.38. The smallest absolute Gasteiger partial charge is 0.329 e. The van der Waals surface area contributed by atoms with Crippen LogP contribution in [0.3, 0.4) is 0 Å². The van der Waals surface area contributed by atoms with Crippen LogP contribution >= 0.6 is 11.6 Å². The molecular formula is C31H29ClFN5O4. The van der Waals surface area contributed by atoms with Crippen LogP contribution in [-0.4, -0.2) is 56.1 Å². The van der Waals surface area contributed by atoms with Crippen LogP contribution in [0.2, 0.25) is 5.02 Å². The topological polar surface area (TPSA) is 116 Å². The van der Waals surface area contributed by atoms with Crippen molar-refractivity contribution in [1.82, 2.24) is 24.4 Å². The second-order valence-electron chi connectivity index (χ2n) is 10.1. The van der Waals surface area contributed by atoms with Crippen molar-refractivity contribution < 1.29 is 19.0 Å². The summed E-state index contributed by atoms with van der Waals surface area (Å²) >= 11 is 5.93. The maximum Gasteiger partial charge on any atom is 0.329 e. The van der Waals surface area contributed by atoms with Gasteiger partial charge in [0.15, 0.2) is 6.61 Å². The fraction of sp³-hybridized carbons (Fsp3) is 0.194. The minimum Gasteiger partial charge on any atom is -0.493 e. The van der Waals surface area contributed by atoms with Crippen molar-refractivity contribution in [2.75, 3.05) is 20.7 Å². The van der Waals surface area contributed by atoms with Crippen LogP contribution in [0.15, 0.2) is 83.8 Å². The van der Waals surface area contributed by atoms with E-state index in [1.807, 2.05) is 37.3 Å². The molecule has 42 heavy (non-hydrogen) atoms. The Bertz CT molecular complexity index is 1760. The lowest BCUT2D eigenvalue weighted by Gasteiger charge is -2.24. The monoisotopic (exact) mass is 589 g/mol. The van der Waals surface area contributed by atoms with E-state index in [0.29, 0.717) is 22.8 Å². The number of carbonyl (C=O) groups excluding carboxylic acids is 1. The molecule has 3 N–H and O–H groups in total. The van der Waals surface area contributed by atoms with Crippen molar-refractivity contribution in [1.29, 1.82) is 0 Å². The van der Waals surface area contributed by atoms with E-state index >= 15 is 0 Å². The molecule has 1 amide bonds. The summed E-state index contributed by atoms with van der Waals surface area (Å²) in [5.74, 6) is -0.516. The van der Waals surface area contributed by atoms with Gasteiger partial charge in [-0.05, 0) is 48.0 Å². The van der Waals surface area contributed by atoms with Gasteiger partial charge in [-0.15, -0.1) is 0 Å². The number of rotatable bonds is 9. The number of carbonyl (C=O) groups is 1. The van der Waals surface area contributed by atoms with Gasteiger partial charge in [0.25, 0.3) is 5.91 Å². The highest BCUT2D eigenvalue weighted by molar-refractivity contribution is 6.30. The van der Waals surface area contributed by atoms with Gasteiger partial charge in [-0.2, -0.15) is 0 Å². The zero-order valence-corrected chi connectivity index (χ0v) is 23.9. The number of hydrogen-bond acceptors (Lipinski definition) is 5. The molecule has 3 aromatic carbocycles. The van der Waals surface area contributed by atoms with Crippen LogP contribution in [0.4, 0.5) is 4.39 Å². The third-order valence-electron chi connectivity index (χ3n) is 7.08. The lowest BCUT2D eigenvalue weighted by molar-refractivity contribution is -0.130. The number of ether oxygens (including phenoxy) is 1. The first-order chi connectivity index (χ1) is 20.1. The molecule has 0 aliphatic rings. The molecule has 2 aromatic heterocycles. The predicted molar refractivity (Wildman–Crippen MR) is 158 cm³/mol. The van der Waals surface area contributed by atoms with Crippen molar-refractivity contribution >= 4 is 17.5 Å². The van der Waals surface area contributed by atoms with E-state index in [-0.39, 0.29) is 40.6 Å². The average molecular weight is 590 g/mol. The quantitative estimate of drug-likeness (QED) is 0.207. The predicted octanol–water partition coefficient (Wildman–Crippen LogP) is 5.59. The van der Waals surface area contributed by atoms with Crippen molar-refractivity contribution in [3.63, 3.8) is 0 Å². The second-order valence-corrected chi connectivity index (χ2v) is 10.5. The van der Waals surface area contributed by atoms with Crippen LogP contribution in [-0.2, 0) is 4.79 Å². The number of nitrogens with zero attached hydrogens (tertiary/aromatic N) is 3. The molecule has 0 radical (unpaired) electrons. The Balaban J connectivity index is 1.53. The molecule has 0 saturated heterocycles. The standard InChI is InChI=1S/C31H29ClFN5O4/c1-18(19-7-5-4-6-8-19)28(29-34-16-25(35-29)23-14-11-21(32)15-24(23)33)38-30(40)27(36-31(38)41)20-9-12-22(13-10-20)42-17-26(39)37(2)3/h4-16,18,28,40H,17H2,1-3H3,(H,34,35)(H,36,41)/t18-,28-/m0/s1. The van der Waals surface area contributed by atoms with Gasteiger partial charge in [-0.1, -0.05) is 48.9 Å². The lowest BCUT2D eigenvalue weighted by Crippen LogP contribution is -2.27. The van der Waals surface area contributed by atoms with Gasteiger partial charge in [-0.25, -0.2) is 14.2 Å². The number of imidazole rings is 2. The number of aromatic nitrogens is 4. The summed E-state index contributed by atoms with van der Waals surface area (Å²) < 4.78 is 21.5. The molecule has 5 rings (SSSR count). The van der Waals surface area contributed by atoms with Crippen LogP contribution < -0.4 is 10.4 Å². The van der Waals surface area contributed by atoms with Crippen LogP contribution in [0.5, 0.6) is 11.6 Å². The Morgan fingerprint density at radius 3 is 2.48 bits per heavy atom. The summed E-state index contributed by atoms with van der Waals surface area (Å²) in [5, 5.41) is 11.7. The summed E-state index contributed by atoms with van der Waals surface area (Å²) in [6, 6.07) is 19.7. The number of aromatic hydroxyl groups is 1. The highest BCUT2D eigenvalue weighted by Gasteiger charge is 2.31. The van der Waals surface area contributed by atoms with Crippen molar-refractivity contribution in [3.8, 4) is 34.1 Å². The van der Waals surface area contributed by atoms with E-state index in [1.54, 1.807) is 50.5 Å². The lowest BCUT2D eigenvalue weighted by atomic mass is 9.92. The summed E-state index contributed by atoms with van der Waals surface area (Å²) in [5.41, 5.74) is 1.76. The van der Waals surface area contributed by atoms with Crippen molar-refractivity contribution in [2.24, 2.45) is 0 Å². The molecule has 0 aliphatic carbocycles. The summed E-state index contributed by atoms with van der Waals surface area (Å²) in [4.78, 5) is 37.1. The summed E-state index contributed by atoms with van der Waals surface area (Å²) in [6.45, 7) is 1.81. The number of halogens is 2. The Labute approximate surface area is 246 Å². The maximum absolute atomic E-state index is 14.7. The first kappa shape index (κ1) is 28.7. The third-order valence-corrected chi connectivity index (χ3v) is 7.32. The molecule has 11 heteroatoms. The Morgan fingerprint density at radius 2 is 1.81 bits per heavy atom. The van der Waals surface area contributed by atoms with E-state index in [1.165, 1.54) is 21.7 Å². The summed E-state index contributed by atoms with van der Waals surface area (Å²) in [7, 11) is 3.29. The zero-order valence-electron chi connectivity index (χ0n) is 23.1. The van der Waals surface area contributed by atoms with Crippen LogP contribution in [0.1, 0.15) is 30.3 Å². The minimum atomic E-state index is -0.784. The number of nitrogens with one attached hydrogen (secondary N) is 2. The van der Waals surface area contributed by atoms with E-state index in [2.05, 4.69) is 15.0 Å². The Morgan fingerprint density at radius 1 is 1.10 bits per heavy atom. The second kappa shape index (κ2) is 12.0. The number of aromatic amines is 2. The van der Waals surface area contributed by atoms with Gasteiger partial charge < -0.3 is 24.7 Å². The van der Waals surface area contributed by atoms with Gasteiger partial charge in [-0.3, -0.25) is 9.36 Å². The molecule has 2 atom stereocenters. The van der Waals surface area contributed by atoms with Gasteiger partial charge in [0.1, 0.15) is 29.1 Å². The van der Waals surface area contributed by atoms with Gasteiger partial charge >= 0.3 is 5.69 Å². The van der Waals surface area contributed by atoms with Crippen LogP contribution in [0, 0.1) is 5.82 Å². The molecule has 216 valence electrons. The first-order valence-corrected chi connectivity index (χ1v) is 13.5. The molecule has 0 bridgehead atoms. The molecule has 0 fully saturated rings. The maximum atomic E-state index is 14.7. The minimum absolute atomic E-state index is 0.116. The fourth-order valence-corrected chi connectivity index (χ4v) is 4.90. The molecule has 0 spiro atoms. The Hall–Kier alpha value is -4.83. The SMILES string of the molecule is C[C@@H](c1ccccc1)[C@@H](c1ncc(-c2ccc(Cl)cc2F)[nH]1)n1c(O)c(-c2ccc(OCC(=O)N(C)C)cc2)[nH]c1=O. The van der Waals surface area contributed by atoms with Crippen LogP contribution in [0.25, 0.3) is 22.5 Å². The molecule has 0 aliphatic heterocycles. The van der Waals surface area contributed by atoms with Gasteiger partial charge in [0.05, 0.1) is 11.9 Å². The molecule has 0 saturated carbocycles. The van der Waals surface area contributed by atoms with E-state index in [4.69, 9.17) is 16.3 Å². The summed E-state index contributed by atoms with van der Waals surface area (Å²) in [6.07, 6.45) is 1.49. The fourth-order valence-electron chi connectivity index (χ4n) is 4.74. The molecule has 5 aromatic rings. The van der Waals surface area contributed by atoms with Gasteiger partial charge in [0, 0.05) is 36.2 Å². The zero-order chi connectivity index (χ0) is 30.0. The molecule has 2 heterocycles. The highest BCUT2D eigenvalue weighted by atomic mass is 35.5. The molecule has 0 unspecified atom stereocenters. The first-order valence-electron chi connectivity index (χ1n) is 13.2. The van der Waals surface area contributed by atoms with Gasteiger partial charge in [0.2, 0.25) is 5.88 Å². The number of amides is 1. The average Bonchev–Trinajstić information content (AvgIpc) is 3.57. The normalized spacial score (nSPS) is 12.6. The third kappa shape index (κ3) is 5.80. The number of likely N-dealkylation sites (N-methyl/N-ethyl adjacent to an activating group) is 1. The number of H-pyrrole nitrogens is 2. The molecular weight excluding hydrogens is 561 g/mol. The van der Waals surface area contributed by atoms with E-state index in [9.17, 15) is 19.1 Å². The van der Waals surface area contributed by atoms with Crippen molar-refractivity contribution in [3.05, 3.63) is 112 Å². The number of hydrogen-bond donors (Lipinski definition) is 3. The van der Waals surface area contributed by atoms with E-state index in [0.717, 1.165) is 5.56 Å². The number of benzene rings is 3. The van der Waals surface area contributed by atoms with Crippen molar-refractivity contribution in [2.45, 2.75) is 18.9 Å². The largest absolute Gasteiger partial charge is 0.493 e. The Kier molecular flexibility index (Phi) is 8.17. The van der Waals surface area contributed by atoms with E-state index < -0.39 is 17.5 Å². The molecule has 9 nitrogen and oxygen atoms in total.